The standard InChI is InChI=1S/C28H45N3O3/c1-4-34-30(19-17-23-12-7-5-8-13-23)21-25-16-11-18-31(25)28(33)26(20-27(32)22(2)29-3)24-14-9-6-10-15-24/h5,7-8,12-13,22,24-26,29H,4,6,9-11,14-21H2,1-3H3/t22-,25?,26-/m0/s1. The van der Waals surface area contributed by atoms with Crippen molar-refractivity contribution in [3.05, 3.63) is 35.9 Å². The molecule has 1 amide bonds. The maximum absolute atomic E-state index is 13.9. The molecule has 190 valence electrons. The molecule has 2 fully saturated rings. The van der Waals surface area contributed by atoms with Gasteiger partial charge in [0.2, 0.25) is 5.91 Å². The molecule has 1 heterocycles. The quantitative estimate of drug-likeness (QED) is 0.436. The van der Waals surface area contributed by atoms with Crippen molar-refractivity contribution in [3.63, 3.8) is 0 Å². The molecule has 1 unspecified atom stereocenters. The van der Waals surface area contributed by atoms with Crippen molar-refractivity contribution >= 4 is 11.7 Å². The minimum absolute atomic E-state index is 0.151. The van der Waals surface area contributed by atoms with Crippen molar-refractivity contribution in [1.82, 2.24) is 15.3 Å². The van der Waals surface area contributed by atoms with Crippen molar-refractivity contribution in [2.24, 2.45) is 11.8 Å². The third kappa shape index (κ3) is 7.62. The maximum atomic E-state index is 13.9. The highest BCUT2D eigenvalue weighted by Crippen LogP contribution is 2.35. The Morgan fingerprint density at radius 2 is 1.85 bits per heavy atom. The number of ketones is 1. The molecule has 1 aliphatic heterocycles. The maximum Gasteiger partial charge on any atom is 0.226 e. The number of likely N-dealkylation sites (N-methyl/N-ethyl adjacent to an activating group) is 1. The monoisotopic (exact) mass is 471 g/mol. The SMILES string of the molecule is CCON(CCc1ccccc1)CC1CCCN1C(=O)[C@@H](CC(=O)[C@H](C)NC)C1CCCCC1. The summed E-state index contributed by atoms with van der Waals surface area (Å²) in [5.74, 6) is 0.497. The van der Waals surface area contributed by atoms with Gasteiger partial charge in [0.15, 0.2) is 0 Å². The minimum Gasteiger partial charge on any atom is -0.338 e. The molecule has 34 heavy (non-hydrogen) atoms. The van der Waals surface area contributed by atoms with Crippen LogP contribution in [0.25, 0.3) is 0 Å². The van der Waals surface area contributed by atoms with Crippen LogP contribution in [0.15, 0.2) is 30.3 Å². The number of hydroxylamine groups is 2. The van der Waals surface area contributed by atoms with Gasteiger partial charge in [-0.05, 0) is 64.5 Å². The van der Waals surface area contributed by atoms with Gasteiger partial charge >= 0.3 is 0 Å². The largest absolute Gasteiger partial charge is 0.338 e. The van der Waals surface area contributed by atoms with Crippen LogP contribution in [0.1, 0.15) is 70.8 Å². The van der Waals surface area contributed by atoms with E-state index in [1.54, 1.807) is 0 Å². The molecule has 1 aromatic rings. The summed E-state index contributed by atoms with van der Waals surface area (Å²) in [7, 11) is 1.81. The fraction of sp³-hybridized carbons (Fsp3) is 0.714. The van der Waals surface area contributed by atoms with Gasteiger partial charge in [0.25, 0.3) is 0 Å². The van der Waals surface area contributed by atoms with Gasteiger partial charge in [-0.3, -0.25) is 14.4 Å². The van der Waals surface area contributed by atoms with E-state index >= 15 is 0 Å². The molecule has 0 spiro atoms. The molecule has 6 heteroatoms. The molecule has 0 aromatic heterocycles. The Morgan fingerprint density at radius 1 is 1.12 bits per heavy atom. The molecular formula is C28H45N3O3. The van der Waals surface area contributed by atoms with Gasteiger partial charge in [-0.1, -0.05) is 49.6 Å². The number of carbonyl (C=O) groups excluding carboxylic acids is 2. The van der Waals surface area contributed by atoms with Gasteiger partial charge in [0, 0.05) is 38.0 Å². The van der Waals surface area contributed by atoms with Gasteiger partial charge < -0.3 is 10.2 Å². The van der Waals surface area contributed by atoms with Crippen molar-refractivity contribution in [2.75, 3.05) is 33.3 Å². The third-order valence-electron chi connectivity index (χ3n) is 7.75. The number of rotatable bonds is 13. The molecule has 3 rings (SSSR count). The Balaban J connectivity index is 1.67. The Kier molecular flexibility index (Phi) is 11.0. The Morgan fingerprint density at radius 3 is 2.53 bits per heavy atom. The molecule has 6 nitrogen and oxygen atoms in total. The molecule has 1 N–H and O–H groups in total. The van der Waals surface area contributed by atoms with Gasteiger partial charge in [-0.25, -0.2) is 0 Å². The number of hydrogen-bond donors (Lipinski definition) is 1. The van der Waals surface area contributed by atoms with Crippen LogP contribution in [0.5, 0.6) is 0 Å². The lowest BCUT2D eigenvalue weighted by molar-refractivity contribution is -0.166. The highest BCUT2D eigenvalue weighted by Gasteiger charge is 2.39. The van der Waals surface area contributed by atoms with Gasteiger partial charge in [0.1, 0.15) is 5.78 Å². The molecule has 3 atom stereocenters. The first kappa shape index (κ1) is 26.8. The first-order chi connectivity index (χ1) is 16.5. The van der Waals surface area contributed by atoms with E-state index in [4.69, 9.17) is 4.84 Å². The second kappa shape index (κ2) is 14.0. The van der Waals surface area contributed by atoms with Crippen LogP contribution < -0.4 is 5.32 Å². The number of benzene rings is 1. The molecule has 2 aliphatic rings. The fourth-order valence-corrected chi connectivity index (χ4v) is 5.60. The average molecular weight is 472 g/mol. The van der Waals surface area contributed by atoms with Crippen LogP contribution in [0.4, 0.5) is 0 Å². The molecule has 1 aliphatic carbocycles. The molecule has 1 saturated heterocycles. The van der Waals surface area contributed by atoms with Gasteiger partial charge in [-0.2, -0.15) is 5.06 Å². The fourth-order valence-electron chi connectivity index (χ4n) is 5.60. The number of hydrogen-bond acceptors (Lipinski definition) is 5. The first-order valence-corrected chi connectivity index (χ1v) is 13.5. The van der Waals surface area contributed by atoms with E-state index in [9.17, 15) is 9.59 Å². The van der Waals surface area contributed by atoms with E-state index in [0.717, 1.165) is 51.7 Å². The number of carbonyl (C=O) groups is 2. The zero-order chi connectivity index (χ0) is 24.3. The predicted molar refractivity (Wildman–Crippen MR) is 136 cm³/mol. The Hall–Kier alpha value is -1.76. The Bertz CT molecular complexity index is 751. The van der Waals surface area contributed by atoms with Crippen LogP contribution in [-0.2, 0) is 20.8 Å². The smallest absolute Gasteiger partial charge is 0.226 e. The zero-order valence-electron chi connectivity index (χ0n) is 21.5. The lowest BCUT2D eigenvalue weighted by atomic mass is 9.76. The van der Waals surface area contributed by atoms with Crippen LogP contribution >= 0.6 is 0 Å². The summed E-state index contributed by atoms with van der Waals surface area (Å²) in [4.78, 5) is 34.8. The van der Waals surface area contributed by atoms with E-state index < -0.39 is 0 Å². The van der Waals surface area contributed by atoms with Crippen molar-refractivity contribution in [1.29, 1.82) is 0 Å². The number of likely N-dealkylation sites (tertiary alicyclic amines) is 1. The number of amides is 1. The average Bonchev–Trinajstić information content (AvgIpc) is 3.34. The summed E-state index contributed by atoms with van der Waals surface area (Å²) in [6, 6.07) is 10.4. The normalized spacial score (nSPS) is 21.1. The summed E-state index contributed by atoms with van der Waals surface area (Å²) in [5, 5.41) is 5.11. The van der Waals surface area contributed by atoms with Crippen molar-refractivity contribution in [3.8, 4) is 0 Å². The summed E-state index contributed by atoms with van der Waals surface area (Å²) >= 11 is 0. The Labute approximate surface area is 206 Å². The predicted octanol–water partition coefficient (Wildman–Crippen LogP) is 4.24. The molecule has 1 saturated carbocycles. The van der Waals surface area contributed by atoms with Crippen LogP contribution in [0.2, 0.25) is 0 Å². The van der Waals surface area contributed by atoms with E-state index in [1.807, 2.05) is 32.0 Å². The summed E-state index contributed by atoms with van der Waals surface area (Å²) in [6.45, 7) is 6.86. The number of Topliss-reactive ketones (excluding diaryl/α,β-unsaturated/α-hetero) is 1. The summed E-state index contributed by atoms with van der Waals surface area (Å²) in [6.07, 6.45) is 9.02. The van der Waals surface area contributed by atoms with Crippen molar-refractivity contribution in [2.45, 2.75) is 83.7 Å². The lowest BCUT2D eigenvalue weighted by Crippen LogP contribution is -2.48. The summed E-state index contributed by atoms with van der Waals surface area (Å²) < 4.78 is 0. The highest BCUT2D eigenvalue weighted by molar-refractivity contribution is 5.90. The number of nitrogens with one attached hydrogen (secondary N) is 1. The van der Waals surface area contributed by atoms with Crippen LogP contribution in [-0.4, -0.2) is 67.0 Å². The molecule has 1 aromatic carbocycles. The third-order valence-corrected chi connectivity index (χ3v) is 7.75. The zero-order valence-corrected chi connectivity index (χ0v) is 21.5. The minimum atomic E-state index is -0.209. The van der Waals surface area contributed by atoms with Gasteiger partial charge in [-0.15, -0.1) is 0 Å². The van der Waals surface area contributed by atoms with E-state index in [1.165, 1.54) is 24.8 Å². The number of nitrogens with zero attached hydrogens (tertiary/aromatic N) is 2. The van der Waals surface area contributed by atoms with Gasteiger partial charge in [0.05, 0.1) is 12.6 Å². The second-order valence-electron chi connectivity index (χ2n) is 10.1. The van der Waals surface area contributed by atoms with E-state index in [-0.39, 0.29) is 29.7 Å². The first-order valence-electron chi connectivity index (χ1n) is 13.5. The van der Waals surface area contributed by atoms with Crippen molar-refractivity contribution < 1.29 is 14.4 Å². The molecule has 0 bridgehead atoms. The van der Waals surface area contributed by atoms with Crippen LogP contribution in [0, 0.1) is 11.8 Å². The van der Waals surface area contributed by atoms with E-state index in [2.05, 4.69) is 34.5 Å². The van der Waals surface area contributed by atoms with Crippen LogP contribution in [0.3, 0.4) is 0 Å². The van der Waals surface area contributed by atoms with E-state index in [0.29, 0.717) is 18.9 Å². The molecular weight excluding hydrogens is 426 g/mol. The topological polar surface area (TPSA) is 61.9 Å². The molecule has 0 radical (unpaired) electrons. The summed E-state index contributed by atoms with van der Waals surface area (Å²) in [5.41, 5.74) is 1.29. The second-order valence-corrected chi connectivity index (χ2v) is 10.1. The lowest BCUT2D eigenvalue weighted by Gasteiger charge is -2.36. The highest BCUT2D eigenvalue weighted by atomic mass is 16.7.